The molecular formula is C25H27F3N2O4. The van der Waals surface area contributed by atoms with E-state index in [2.05, 4.69) is 10.1 Å². The number of nitrogens with one attached hydrogen (secondary N) is 1. The van der Waals surface area contributed by atoms with Crippen LogP contribution < -0.4 is 15.0 Å². The second-order valence-electron chi connectivity index (χ2n) is 8.80. The van der Waals surface area contributed by atoms with Gasteiger partial charge in [0.1, 0.15) is 11.9 Å². The quantitative estimate of drug-likeness (QED) is 0.621. The molecule has 2 fully saturated rings. The highest BCUT2D eigenvalue weighted by Crippen LogP contribution is 2.46. The van der Waals surface area contributed by atoms with Gasteiger partial charge in [-0.25, -0.2) is 4.79 Å². The molecule has 2 aromatic rings. The lowest BCUT2D eigenvalue weighted by Crippen LogP contribution is -2.40. The number of rotatable bonds is 6. The van der Waals surface area contributed by atoms with Crippen LogP contribution in [0.4, 0.5) is 23.7 Å². The van der Waals surface area contributed by atoms with Gasteiger partial charge in [-0.15, -0.1) is 13.2 Å². The molecule has 0 unspecified atom stereocenters. The topological polar surface area (TPSA) is 67.9 Å². The normalized spacial score (nSPS) is 22.6. The molecule has 2 aliphatic rings. The summed E-state index contributed by atoms with van der Waals surface area (Å²) < 4.78 is 46.5. The largest absolute Gasteiger partial charge is 0.573 e. The fraction of sp³-hybridized carbons (Fsp3) is 0.440. The Hall–Kier alpha value is -3.23. The number of carbonyl (C=O) groups excluding carboxylic acids is 2. The summed E-state index contributed by atoms with van der Waals surface area (Å²) in [6, 6.07) is 15.2. The number of hydrogen-bond acceptors (Lipinski definition) is 4. The number of ether oxygens (including phenoxy) is 2. The molecular weight excluding hydrogens is 449 g/mol. The molecule has 4 rings (SSSR count). The average molecular weight is 476 g/mol. The number of halogens is 3. The van der Waals surface area contributed by atoms with E-state index in [1.54, 1.807) is 4.90 Å². The Morgan fingerprint density at radius 3 is 2.35 bits per heavy atom. The van der Waals surface area contributed by atoms with Crippen LogP contribution >= 0.6 is 0 Å². The second kappa shape index (κ2) is 9.95. The molecule has 9 heteroatoms. The predicted octanol–water partition coefficient (Wildman–Crippen LogP) is 5.22. The van der Waals surface area contributed by atoms with Crippen LogP contribution in [0.5, 0.6) is 5.75 Å². The number of amides is 2. The summed E-state index contributed by atoms with van der Waals surface area (Å²) in [7, 11) is 0. The monoisotopic (exact) mass is 476 g/mol. The number of benzene rings is 2. The maximum absolute atomic E-state index is 13.2. The predicted molar refractivity (Wildman–Crippen MR) is 119 cm³/mol. The first kappa shape index (κ1) is 23.9. The fourth-order valence-electron chi connectivity index (χ4n) is 4.77. The standard InChI is InChI=1S/C25H27F3N2O4/c26-25(27,28)34-21-8-6-19(7-9-21)30-17-15-24(22(30)31)13-10-20(11-14-24)33-23(32)29-16-12-18-4-2-1-3-5-18/h1-9,20H,10-17H2,(H,29,32)/t20-,24+. The van der Waals surface area contributed by atoms with E-state index in [1.165, 1.54) is 24.3 Å². The van der Waals surface area contributed by atoms with E-state index in [0.29, 0.717) is 50.9 Å². The van der Waals surface area contributed by atoms with Crippen molar-refractivity contribution < 1.29 is 32.2 Å². The molecule has 1 N–H and O–H groups in total. The summed E-state index contributed by atoms with van der Waals surface area (Å²) >= 11 is 0. The van der Waals surface area contributed by atoms with E-state index in [4.69, 9.17) is 4.74 Å². The van der Waals surface area contributed by atoms with Crippen molar-refractivity contribution in [2.45, 2.75) is 51.0 Å². The summed E-state index contributed by atoms with van der Waals surface area (Å²) in [4.78, 5) is 27.0. The first-order valence-corrected chi connectivity index (χ1v) is 11.4. The molecule has 2 amide bonds. The zero-order valence-corrected chi connectivity index (χ0v) is 18.6. The lowest BCUT2D eigenvalue weighted by Gasteiger charge is -2.35. The van der Waals surface area contributed by atoms with E-state index in [-0.39, 0.29) is 17.8 Å². The van der Waals surface area contributed by atoms with Gasteiger partial charge in [0.05, 0.1) is 5.41 Å². The summed E-state index contributed by atoms with van der Waals surface area (Å²) in [6.45, 7) is 0.990. The van der Waals surface area contributed by atoms with E-state index < -0.39 is 17.9 Å². The van der Waals surface area contributed by atoms with Crippen LogP contribution in [0.2, 0.25) is 0 Å². The number of alkyl halides is 3. The van der Waals surface area contributed by atoms with Crippen molar-refractivity contribution in [3.8, 4) is 5.75 Å². The molecule has 0 bridgehead atoms. The van der Waals surface area contributed by atoms with Gasteiger partial charge in [-0.1, -0.05) is 30.3 Å². The minimum absolute atomic E-state index is 0.0252. The molecule has 1 heterocycles. The van der Waals surface area contributed by atoms with Gasteiger partial charge < -0.3 is 19.7 Å². The molecule has 1 spiro atoms. The van der Waals surface area contributed by atoms with Gasteiger partial charge in [-0.3, -0.25) is 4.79 Å². The molecule has 1 aliphatic heterocycles. The third-order valence-electron chi connectivity index (χ3n) is 6.58. The number of alkyl carbamates (subject to hydrolysis) is 1. The Labute approximate surface area is 196 Å². The second-order valence-corrected chi connectivity index (χ2v) is 8.80. The fourth-order valence-corrected chi connectivity index (χ4v) is 4.77. The lowest BCUT2D eigenvalue weighted by molar-refractivity contribution is -0.274. The molecule has 34 heavy (non-hydrogen) atoms. The van der Waals surface area contributed by atoms with Crippen molar-refractivity contribution in [3.63, 3.8) is 0 Å². The maximum Gasteiger partial charge on any atom is 0.573 e. The third-order valence-corrected chi connectivity index (χ3v) is 6.58. The smallest absolute Gasteiger partial charge is 0.446 e. The maximum atomic E-state index is 13.2. The van der Waals surface area contributed by atoms with Crippen LogP contribution in [0.1, 0.15) is 37.7 Å². The molecule has 0 aromatic heterocycles. The first-order chi connectivity index (χ1) is 16.2. The number of anilines is 1. The Balaban J connectivity index is 1.24. The van der Waals surface area contributed by atoms with E-state index in [0.717, 1.165) is 12.0 Å². The molecule has 0 radical (unpaired) electrons. The van der Waals surface area contributed by atoms with Crippen LogP contribution in [0.3, 0.4) is 0 Å². The van der Waals surface area contributed by atoms with Gasteiger partial charge in [0.25, 0.3) is 0 Å². The molecule has 182 valence electrons. The molecule has 6 nitrogen and oxygen atoms in total. The van der Waals surface area contributed by atoms with Crippen molar-refractivity contribution in [2.75, 3.05) is 18.0 Å². The Morgan fingerprint density at radius 2 is 1.71 bits per heavy atom. The Morgan fingerprint density at radius 1 is 1.03 bits per heavy atom. The minimum atomic E-state index is -4.76. The summed E-state index contributed by atoms with van der Waals surface area (Å²) in [5, 5.41) is 2.78. The van der Waals surface area contributed by atoms with Crippen molar-refractivity contribution in [3.05, 3.63) is 60.2 Å². The number of carbonyl (C=O) groups is 2. The van der Waals surface area contributed by atoms with E-state index in [1.807, 2.05) is 30.3 Å². The van der Waals surface area contributed by atoms with Crippen molar-refractivity contribution in [1.29, 1.82) is 0 Å². The summed E-state index contributed by atoms with van der Waals surface area (Å²) in [6.07, 6.45) is -1.62. The molecule has 1 saturated carbocycles. The molecule has 2 aromatic carbocycles. The molecule has 0 atom stereocenters. The highest BCUT2D eigenvalue weighted by molar-refractivity contribution is 6.00. The van der Waals surface area contributed by atoms with Gasteiger partial charge in [-0.05, 0) is 68.4 Å². The number of nitrogens with zero attached hydrogens (tertiary/aromatic N) is 1. The summed E-state index contributed by atoms with van der Waals surface area (Å²) in [5.74, 6) is -0.347. The van der Waals surface area contributed by atoms with Crippen LogP contribution in [0, 0.1) is 5.41 Å². The van der Waals surface area contributed by atoms with Crippen molar-refractivity contribution in [2.24, 2.45) is 5.41 Å². The van der Waals surface area contributed by atoms with Crippen molar-refractivity contribution >= 4 is 17.7 Å². The van der Waals surface area contributed by atoms with Crippen LogP contribution in [-0.4, -0.2) is 37.6 Å². The Kier molecular flexibility index (Phi) is 7.00. The van der Waals surface area contributed by atoms with Gasteiger partial charge in [0.2, 0.25) is 5.91 Å². The SMILES string of the molecule is O=C(NCCc1ccccc1)O[C@H]1CC[C@]2(CCN(c3ccc(OC(F)(F)F)cc3)C2=O)CC1. The zero-order valence-electron chi connectivity index (χ0n) is 18.6. The van der Waals surface area contributed by atoms with E-state index >= 15 is 0 Å². The molecule has 1 saturated heterocycles. The van der Waals surface area contributed by atoms with Gasteiger partial charge in [-0.2, -0.15) is 0 Å². The van der Waals surface area contributed by atoms with Crippen LogP contribution in [0.15, 0.2) is 54.6 Å². The Bertz CT molecular complexity index is 987. The van der Waals surface area contributed by atoms with Crippen LogP contribution in [-0.2, 0) is 16.0 Å². The highest BCUT2D eigenvalue weighted by Gasteiger charge is 2.49. The first-order valence-electron chi connectivity index (χ1n) is 11.4. The average Bonchev–Trinajstić information content (AvgIpc) is 3.11. The van der Waals surface area contributed by atoms with Gasteiger partial charge >= 0.3 is 12.5 Å². The lowest BCUT2D eigenvalue weighted by atomic mass is 9.72. The molecule has 1 aliphatic carbocycles. The number of hydrogen-bond donors (Lipinski definition) is 1. The minimum Gasteiger partial charge on any atom is -0.446 e. The zero-order chi connectivity index (χ0) is 24.2. The summed E-state index contributed by atoms with van der Waals surface area (Å²) in [5.41, 5.74) is 1.17. The highest BCUT2D eigenvalue weighted by atomic mass is 19.4. The van der Waals surface area contributed by atoms with Crippen LogP contribution in [0.25, 0.3) is 0 Å². The van der Waals surface area contributed by atoms with Gasteiger partial charge in [0, 0.05) is 18.8 Å². The van der Waals surface area contributed by atoms with Crippen molar-refractivity contribution in [1.82, 2.24) is 5.32 Å². The van der Waals surface area contributed by atoms with E-state index in [9.17, 15) is 22.8 Å². The third kappa shape index (κ3) is 5.81. The van der Waals surface area contributed by atoms with Gasteiger partial charge in [0.15, 0.2) is 0 Å².